The molecule has 71 heavy (non-hydrogen) atoms. The molecule has 0 radical (unpaired) electrons. The first-order valence-electron chi connectivity index (χ1n) is 22.7. The number of ether oxygens (including phenoxy) is 7. The zero-order valence-electron chi connectivity index (χ0n) is 39.1. The molecule has 0 unspecified atom stereocenters. The number of rotatable bonds is 18. The summed E-state index contributed by atoms with van der Waals surface area (Å²) in [5.74, 6) is -0.129. The van der Waals surface area contributed by atoms with E-state index in [0.29, 0.717) is 22.7 Å². The molecule has 5 heterocycles. The third-order valence-electron chi connectivity index (χ3n) is 12.9. The Morgan fingerprint density at radius 3 is 1.96 bits per heavy atom. The van der Waals surface area contributed by atoms with Crippen LogP contribution in [0, 0.1) is 5.92 Å². The van der Waals surface area contributed by atoms with E-state index in [4.69, 9.17) is 33.2 Å². The predicted molar refractivity (Wildman–Crippen MR) is 256 cm³/mol. The van der Waals surface area contributed by atoms with E-state index in [1.807, 2.05) is 78.9 Å². The first kappa shape index (κ1) is 48.4. The molecule has 4 N–H and O–H groups in total. The van der Waals surface area contributed by atoms with E-state index in [0.717, 1.165) is 16.7 Å². The molecule has 0 bridgehead atoms. The molecular weight excluding hydrogens is 917 g/mol. The zero-order valence-corrected chi connectivity index (χ0v) is 39.1. The van der Waals surface area contributed by atoms with Crippen LogP contribution in [-0.2, 0) is 34.1 Å². The average Bonchev–Trinajstić information content (AvgIpc) is 4.09. The summed E-state index contributed by atoms with van der Waals surface area (Å²) in [6.45, 7) is -0.265. The Hall–Kier alpha value is -7.59. The average molecular weight is 969 g/mol. The van der Waals surface area contributed by atoms with Crippen molar-refractivity contribution in [2.24, 2.45) is 5.92 Å². The van der Waals surface area contributed by atoms with Crippen LogP contribution in [0.1, 0.15) is 45.9 Å². The van der Waals surface area contributed by atoms with Crippen molar-refractivity contribution in [1.82, 2.24) is 34.4 Å². The Labute approximate surface area is 406 Å². The number of benzene rings is 4. The van der Waals surface area contributed by atoms with E-state index < -0.39 is 71.7 Å². The number of aliphatic hydroxyl groups is 1. The Morgan fingerprint density at radius 2 is 1.34 bits per heavy atom. The Bertz CT molecular complexity index is 3010. The second-order valence-corrected chi connectivity index (χ2v) is 16.9. The summed E-state index contributed by atoms with van der Waals surface area (Å²) in [5.41, 5.74) is 0.720. The lowest BCUT2D eigenvalue weighted by atomic mass is 9.79. The lowest BCUT2D eigenvalue weighted by Crippen LogP contribution is -2.43. The van der Waals surface area contributed by atoms with Crippen molar-refractivity contribution in [3.63, 3.8) is 0 Å². The first-order chi connectivity index (χ1) is 34.6. The number of carbonyl (C=O) groups is 2. The van der Waals surface area contributed by atoms with Crippen molar-refractivity contribution in [2.75, 3.05) is 46.9 Å². The molecule has 8 atom stereocenters. The highest BCUT2D eigenvalue weighted by Crippen LogP contribution is 2.44. The molecule has 368 valence electrons. The molecule has 20 heteroatoms. The minimum absolute atomic E-state index is 0.124. The lowest BCUT2D eigenvalue weighted by Gasteiger charge is -2.37. The fourth-order valence-electron chi connectivity index (χ4n) is 9.38. The van der Waals surface area contributed by atoms with Crippen LogP contribution in [0.15, 0.2) is 144 Å². The van der Waals surface area contributed by atoms with Gasteiger partial charge in [-0.1, -0.05) is 72.8 Å². The number of fused-ring (bicyclic) bond motifs is 1. The van der Waals surface area contributed by atoms with Crippen LogP contribution < -0.4 is 31.4 Å². The van der Waals surface area contributed by atoms with Crippen molar-refractivity contribution in [2.45, 2.75) is 55.0 Å². The number of aliphatic hydroxyl groups excluding tert-OH is 1. The molecule has 0 aliphatic carbocycles. The number of hydrogen-bond donors (Lipinski definition) is 4. The maximum atomic E-state index is 14.2. The maximum absolute atomic E-state index is 14.2. The van der Waals surface area contributed by atoms with Gasteiger partial charge in [-0.05, 0) is 53.1 Å². The van der Waals surface area contributed by atoms with E-state index >= 15 is 0 Å². The molecule has 2 fully saturated rings. The number of hydrogen-bond acceptors (Lipinski definition) is 15. The van der Waals surface area contributed by atoms with Gasteiger partial charge < -0.3 is 48.9 Å². The van der Waals surface area contributed by atoms with Crippen LogP contribution in [0.3, 0.4) is 0 Å². The summed E-state index contributed by atoms with van der Waals surface area (Å²) in [4.78, 5) is 68.1. The Balaban J connectivity index is 0.978. The molecule has 9 rings (SSSR count). The van der Waals surface area contributed by atoms with Gasteiger partial charge in [-0.3, -0.25) is 28.5 Å². The lowest BCUT2D eigenvalue weighted by molar-refractivity contribution is -0.125. The highest BCUT2D eigenvalue weighted by atomic mass is 16.6. The van der Waals surface area contributed by atoms with Gasteiger partial charge >= 0.3 is 5.69 Å². The standard InChI is InChI=1S/C51H52N8O12/c1-65-34-19-15-32(16-20-34)51(31-13-9-6-10-14-31,33-17-21-35(66-2)22-18-33)69-27-38-36(43(67-3)48(71-38)58-24-23-39(60)56-50(58)64)25-40(61)52-26-37-42(62)44(68-4)49(70-37)59-29-55-41-45(53-28-54-46(41)59)57-47(63)30-11-7-5-8-12-30/h5-24,28-29,36-38,42-44,48-49,62H,25-27H2,1-4H3,(H,52,61)(H,56,60,64)(H,53,54,57,63)/t36-,37-,38-,42-,43-,44-,48-,49-/m1/s1. The molecule has 0 spiro atoms. The van der Waals surface area contributed by atoms with E-state index in [-0.39, 0.29) is 36.8 Å². The van der Waals surface area contributed by atoms with Crippen LogP contribution in [0.25, 0.3) is 11.2 Å². The second-order valence-electron chi connectivity index (χ2n) is 16.9. The minimum Gasteiger partial charge on any atom is -0.497 e. The number of carbonyl (C=O) groups excluding carboxylic acids is 2. The smallest absolute Gasteiger partial charge is 0.330 e. The monoisotopic (exact) mass is 968 g/mol. The third kappa shape index (κ3) is 9.68. The SMILES string of the molecule is COc1ccc(C(OC[C@H]2O[C@@H](n3ccc(=O)[nH]c3=O)[C@H](OC)[C@@H]2CC(=O)NC[C@H]2O[C@@H](n3cnc4c(NC(=O)c5ccccc5)ncnc43)[C@H](OC)[C@@H]2O)(c2ccccc2)c2ccc(OC)cc2)cc1. The van der Waals surface area contributed by atoms with Crippen molar-refractivity contribution >= 4 is 28.8 Å². The van der Waals surface area contributed by atoms with Crippen molar-refractivity contribution in [1.29, 1.82) is 0 Å². The molecule has 2 saturated heterocycles. The van der Waals surface area contributed by atoms with Gasteiger partial charge in [0.15, 0.2) is 29.4 Å². The summed E-state index contributed by atoms with van der Waals surface area (Å²) in [7, 11) is 6.06. The van der Waals surface area contributed by atoms with Gasteiger partial charge in [-0.15, -0.1) is 0 Å². The molecular formula is C51H52N8O12. The first-order valence-corrected chi connectivity index (χ1v) is 22.7. The molecule has 0 saturated carbocycles. The van der Waals surface area contributed by atoms with Gasteiger partial charge in [0.25, 0.3) is 11.5 Å². The van der Waals surface area contributed by atoms with Gasteiger partial charge in [0.05, 0.1) is 33.3 Å². The predicted octanol–water partition coefficient (Wildman–Crippen LogP) is 3.96. The molecule has 2 aliphatic heterocycles. The number of aromatic amines is 1. The molecule has 7 aromatic rings. The number of nitrogens with one attached hydrogen (secondary N) is 3. The molecule has 20 nitrogen and oxygen atoms in total. The van der Waals surface area contributed by atoms with E-state index in [2.05, 4.69) is 30.6 Å². The zero-order chi connectivity index (χ0) is 49.6. The maximum Gasteiger partial charge on any atom is 0.330 e. The Kier molecular flexibility index (Phi) is 14.4. The van der Waals surface area contributed by atoms with E-state index in [1.54, 1.807) is 49.1 Å². The van der Waals surface area contributed by atoms with Crippen LogP contribution in [-0.4, -0.2) is 118 Å². The summed E-state index contributed by atoms with van der Waals surface area (Å²) in [5, 5.41) is 17.2. The van der Waals surface area contributed by atoms with Gasteiger partial charge in [-0.2, -0.15) is 0 Å². The van der Waals surface area contributed by atoms with Crippen LogP contribution >= 0.6 is 0 Å². The summed E-state index contributed by atoms with van der Waals surface area (Å²) >= 11 is 0. The van der Waals surface area contributed by atoms with Gasteiger partial charge in [0.1, 0.15) is 47.8 Å². The molecule has 2 amide bonds. The molecule has 4 aromatic carbocycles. The van der Waals surface area contributed by atoms with Crippen LogP contribution in [0.4, 0.5) is 5.82 Å². The topological polar surface area (TPSA) is 241 Å². The highest BCUT2D eigenvalue weighted by molar-refractivity contribution is 6.06. The molecule has 3 aromatic heterocycles. The van der Waals surface area contributed by atoms with Gasteiger partial charge in [0, 0.05) is 50.9 Å². The second kappa shape index (κ2) is 21.2. The number of amides is 2. The number of aromatic nitrogens is 6. The summed E-state index contributed by atoms with van der Waals surface area (Å²) in [6.07, 6.45) is -3.07. The fourth-order valence-corrected chi connectivity index (χ4v) is 9.38. The number of nitrogens with zero attached hydrogens (tertiary/aromatic N) is 5. The molecule has 2 aliphatic rings. The summed E-state index contributed by atoms with van der Waals surface area (Å²) < 4.78 is 45.9. The van der Waals surface area contributed by atoms with Gasteiger partial charge in [-0.25, -0.2) is 19.7 Å². The van der Waals surface area contributed by atoms with Crippen molar-refractivity contribution < 1.29 is 47.9 Å². The van der Waals surface area contributed by atoms with Crippen LogP contribution in [0.2, 0.25) is 0 Å². The van der Waals surface area contributed by atoms with Crippen molar-refractivity contribution in [3.05, 3.63) is 177 Å². The third-order valence-corrected chi connectivity index (χ3v) is 12.9. The van der Waals surface area contributed by atoms with E-state index in [1.165, 1.54) is 43.7 Å². The quantitative estimate of drug-likeness (QED) is 0.0890. The minimum atomic E-state index is -1.26. The van der Waals surface area contributed by atoms with Gasteiger partial charge in [0.2, 0.25) is 5.91 Å². The fraction of sp³-hybridized carbons (Fsp3) is 0.314. The largest absolute Gasteiger partial charge is 0.497 e. The number of anilines is 1. The normalized spacial score (nSPS) is 22.0. The van der Waals surface area contributed by atoms with E-state index in [9.17, 15) is 24.3 Å². The number of H-pyrrole nitrogens is 1. The Morgan fingerprint density at radius 1 is 0.732 bits per heavy atom. The summed E-state index contributed by atoms with van der Waals surface area (Å²) in [6, 6.07) is 34.6. The number of methoxy groups -OCH3 is 4. The number of imidazole rings is 1. The van der Waals surface area contributed by atoms with Crippen molar-refractivity contribution in [3.8, 4) is 11.5 Å². The van der Waals surface area contributed by atoms with Crippen LogP contribution in [0.5, 0.6) is 11.5 Å². The highest BCUT2D eigenvalue weighted by Gasteiger charge is 2.50.